The molecule has 1 amide bonds. The van der Waals surface area contributed by atoms with Crippen molar-refractivity contribution in [1.29, 1.82) is 5.26 Å². The molecule has 2 aromatic carbocycles. The van der Waals surface area contributed by atoms with Gasteiger partial charge in [0.15, 0.2) is 0 Å². The van der Waals surface area contributed by atoms with Gasteiger partial charge in [0.1, 0.15) is 23.8 Å². The van der Waals surface area contributed by atoms with Crippen LogP contribution in [0.2, 0.25) is 0 Å². The Labute approximate surface area is 168 Å². The van der Waals surface area contributed by atoms with Gasteiger partial charge in [-0.3, -0.25) is 4.79 Å². The molecule has 144 valence electrons. The van der Waals surface area contributed by atoms with Crippen molar-refractivity contribution in [3.8, 4) is 17.2 Å². The number of hydrogen-bond acceptors (Lipinski definition) is 7. The molecule has 0 saturated carbocycles. The third-order valence-corrected chi connectivity index (χ3v) is 5.11. The minimum absolute atomic E-state index is 0.0703. The summed E-state index contributed by atoms with van der Waals surface area (Å²) in [6, 6.07) is 14.0. The minimum atomic E-state index is -0.360. The molecule has 29 heavy (non-hydrogen) atoms. The molecular weight excluding hydrogens is 393 g/mol. The zero-order chi connectivity index (χ0) is 20.2. The number of amides is 1. The van der Waals surface area contributed by atoms with Crippen LogP contribution in [0.15, 0.2) is 46.9 Å². The minimum Gasteiger partial charge on any atom is -0.424 e. The van der Waals surface area contributed by atoms with Gasteiger partial charge in [0.05, 0.1) is 22.7 Å². The number of hydrogen-bond donors (Lipinski definition) is 1. The molecule has 9 heteroatoms. The average molecular weight is 407 g/mol. The Hall–Kier alpha value is -3.64. The van der Waals surface area contributed by atoms with Crippen molar-refractivity contribution in [2.75, 3.05) is 6.54 Å². The van der Waals surface area contributed by atoms with E-state index in [9.17, 15) is 9.18 Å². The number of carbonyl (C=O) groups excluding carboxylic acids is 1. The van der Waals surface area contributed by atoms with Crippen molar-refractivity contribution < 1.29 is 13.6 Å². The molecule has 0 aliphatic carbocycles. The number of aromatic nitrogens is 3. The topological polar surface area (TPSA) is 105 Å². The number of nitrogens with zero attached hydrogens (tertiary/aromatic N) is 4. The van der Waals surface area contributed by atoms with Gasteiger partial charge in [-0.15, -0.1) is 21.5 Å². The second-order valence-electron chi connectivity index (χ2n) is 6.15. The lowest BCUT2D eigenvalue weighted by molar-refractivity contribution is -0.120. The maximum Gasteiger partial charge on any atom is 0.230 e. The van der Waals surface area contributed by atoms with E-state index >= 15 is 0 Å². The molecule has 0 radical (unpaired) electrons. The molecule has 0 unspecified atom stereocenters. The molecule has 0 bridgehead atoms. The second-order valence-corrected chi connectivity index (χ2v) is 7.26. The van der Waals surface area contributed by atoms with E-state index in [-0.39, 0.29) is 30.6 Å². The van der Waals surface area contributed by atoms with Gasteiger partial charge in [0.25, 0.3) is 0 Å². The summed E-state index contributed by atoms with van der Waals surface area (Å²) in [6.45, 7) is -0.0703. The van der Waals surface area contributed by atoms with Crippen LogP contribution in [0, 0.1) is 17.1 Å². The van der Waals surface area contributed by atoms with Gasteiger partial charge in [-0.1, -0.05) is 24.3 Å². The fourth-order valence-electron chi connectivity index (χ4n) is 2.86. The summed E-state index contributed by atoms with van der Waals surface area (Å²) < 4.78 is 20.1. The van der Waals surface area contributed by atoms with E-state index in [0.29, 0.717) is 12.3 Å². The molecule has 0 aliphatic rings. The molecule has 0 atom stereocenters. The predicted molar refractivity (Wildman–Crippen MR) is 104 cm³/mol. The summed E-state index contributed by atoms with van der Waals surface area (Å²) in [5.41, 5.74) is 2.40. The Kier molecular flexibility index (Phi) is 5.27. The molecule has 2 aromatic heterocycles. The number of halogens is 1. The van der Waals surface area contributed by atoms with E-state index in [4.69, 9.17) is 9.68 Å². The lowest BCUT2D eigenvalue weighted by atomic mass is 10.0. The van der Waals surface area contributed by atoms with Gasteiger partial charge in [0, 0.05) is 5.56 Å². The lowest BCUT2D eigenvalue weighted by Crippen LogP contribution is -2.25. The quantitative estimate of drug-likeness (QED) is 0.492. The average Bonchev–Trinajstić information content (AvgIpc) is 3.32. The van der Waals surface area contributed by atoms with Crippen LogP contribution in [0.1, 0.15) is 16.8 Å². The number of fused-ring (bicyclic) bond motifs is 1. The van der Waals surface area contributed by atoms with Crippen LogP contribution in [0.25, 0.3) is 21.3 Å². The number of thiazole rings is 1. The van der Waals surface area contributed by atoms with Crippen LogP contribution in [0.3, 0.4) is 0 Å². The van der Waals surface area contributed by atoms with Crippen molar-refractivity contribution in [3.05, 3.63) is 65.1 Å². The van der Waals surface area contributed by atoms with E-state index in [2.05, 4.69) is 20.5 Å². The van der Waals surface area contributed by atoms with Gasteiger partial charge >= 0.3 is 0 Å². The number of nitriles is 1. The van der Waals surface area contributed by atoms with Crippen molar-refractivity contribution in [2.24, 2.45) is 0 Å². The van der Waals surface area contributed by atoms with Crippen molar-refractivity contribution in [1.82, 2.24) is 20.5 Å². The fourth-order valence-corrected chi connectivity index (χ4v) is 3.84. The Balaban J connectivity index is 1.55. The number of nitrogens with one attached hydrogen (secondary N) is 1. The number of para-hydroxylation sites is 1. The highest BCUT2D eigenvalue weighted by molar-refractivity contribution is 7.18. The number of carbonyl (C=O) groups is 1. The van der Waals surface area contributed by atoms with E-state index in [1.165, 1.54) is 23.5 Å². The summed E-state index contributed by atoms with van der Waals surface area (Å²) in [5, 5.41) is 19.5. The summed E-state index contributed by atoms with van der Waals surface area (Å²) in [6.07, 6.45) is 0.243. The molecular formula is C20H14FN5O2S. The van der Waals surface area contributed by atoms with Gasteiger partial charge in [0.2, 0.25) is 17.7 Å². The second kappa shape index (κ2) is 8.16. The molecule has 2 heterocycles. The maximum absolute atomic E-state index is 13.6. The third kappa shape index (κ3) is 4.28. The predicted octanol–water partition coefficient (Wildman–Crippen LogP) is 3.26. The van der Waals surface area contributed by atoms with E-state index in [0.717, 1.165) is 26.4 Å². The molecule has 4 aromatic rings. The zero-order valence-corrected chi connectivity index (χ0v) is 15.9. The summed E-state index contributed by atoms with van der Waals surface area (Å²) in [4.78, 5) is 16.3. The van der Waals surface area contributed by atoms with Crippen LogP contribution in [0.5, 0.6) is 0 Å². The normalized spacial score (nSPS) is 10.8. The molecule has 0 saturated heterocycles. The van der Waals surface area contributed by atoms with Crippen molar-refractivity contribution in [2.45, 2.75) is 12.8 Å². The lowest BCUT2D eigenvalue weighted by Gasteiger charge is -2.02. The van der Waals surface area contributed by atoms with Gasteiger partial charge in [-0.05, 0) is 23.8 Å². The molecule has 0 aliphatic heterocycles. The van der Waals surface area contributed by atoms with E-state index in [1.807, 2.05) is 30.3 Å². The first-order valence-electron chi connectivity index (χ1n) is 8.71. The summed E-state index contributed by atoms with van der Waals surface area (Å²) >= 11 is 1.49. The molecule has 1 N–H and O–H groups in total. The first-order chi connectivity index (χ1) is 14.1. The largest absolute Gasteiger partial charge is 0.424 e. The molecule has 7 nitrogen and oxygen atoms in total. The fraction of sp³-hybridized carbons (Fsp3) is 0.150. The van der Waals surface area contributed by atoms with Crippen molar-refractivity contribution in [3.63, 3.8) is 0 Å². The summed E-state index contributed by atoms with van der Waals surface area (Å²) in [5.74, 6) is -0.134. The first-order valence-corrected chi connectivity index (χ1v) is 9.53. The van der Waals surface area contributed by atoms with E-state index < -0.39 is 0 Å². The first kappa shape index (κ1) is 18.7. The monoisotopic (exact) mass is 407 g/mol. The highest BCUT2D eigenvalue weighted by Gasteiger charge is 2.15. The Morgan fingerprint density at radius 1 is 1.21 bits per heavy atom. The number of rotatable bonds is 6. The molecule has 0 spiro atoms. The zero-order valence-electron chi connectivity index (χ0n) is 15.1. The standard InChI is InChI=1S/C20H14FN5O2S/c21-13-4-1-3-12(9-13)14-5-2-6-15-20(14)24-19(29-15)11-18-26-25-17(28-18)10-16(27)23-8-7-22/h1-6,9H,8,10-11H2,(H,23,27). The SMILES string of the molecule is N#CCNC(=O)Cc1nnc(Cc2nc3c(-c4cccc(F)c4)cccc3s2)o1. The maximum atomic E-state index is 13.6. The highest BCUT2D eigenvalue weighted by Crippen LogP contribution is 2.32. The van der Waals surface area contributed by atoms with Crippen LogP contribution in [-0.4, -0.2) is 27.6 Å². The third-order valence-electron chi connectivity index (χ3n) is 4.09. The van der Waals surface area contributed by atoms with Crippen LogP contribution < -0.4 is 5.32 Å². The Morgan fingerprint density at radius 2 is 2.03 bits per heavy atom. The van der Waals surface area contributed by atoms with Crippen LogP contribution >= 0.6 is 11.3 Å². The van der Waals surface area contributed by atoms with Crippen molar-refractivity contribution >= 4 is 27.5 Å². The highest BCUT2D eigenvalue weighted by atomic mass is 32.1. The van der Waals surface area contributed by atoms with Gasteiger partial charge < -0.3 is 9.73 Å². The molecule has 0 fully saturated rings. The van der Waals surface area contributed by atoms with Crippen LogP contribution in [0.4, 0.5) is 4.39 Å². The molecule has 4 rings (SSSR count). The number of benzene rings is 2. The summed E-state index contributed by atoms with van der Waals surface area (Å²) in [7, 11) is 0. The van der Waals surface area contributed by atoms with Gasteiger partial charge in [-0.25, -0.2) is 9.37 Å². The van der Waals surface area contributed by atoms with Gasteiger partial charge in [-0.2, -0.15) is 5.26 Å². The van der Waals surface area contributed by atoms with E-state index in [1.54, 1.807) is 6.07 Å². The Morgan fingerprint density at radius 3 is 2.86 bits per heavy atom. The smallest absolute Gasteiger partial charge is 0.230 e. The Bertz CT molecular complexity index is 1230. The van der Waals surface area contributed by atoms with Crippen LogP contribution in [-0.2, 0) is 17.6 Å².